The van der Waals surface area contributed by atoms with E-state index in [4.69, 9.17) is 10.2 Å². The van der Waals surface area contributed by atoms with Crippen molar-refractivity contribution in [2.45, 2.75) is 25.9 Å². The molecule has 0 aliphatic rings. The van der Waals surface area contributed by atoms with Crippen LogP contribution in [-0.4, -0.2) is 9.78 Å². The Balaban J connectivity index is 2.07. The van der Waals surface area contributed by atoms with Crippen LogP contribution in [0.1, 0.15) is 24.1 Å². The maximum atomic E-state index is 6.10. The number of hydrogen-bond donors (Lipinski definition) is 1. The summed E-state index contributed by atoms with van der Waals surface area (Å²) in [4.78, 5) is 0. The summed E-state index contributed by atoms with van der Waals surface area (Å²) in [6, 6.07) is 1.82. The van der Waals surface area contributed by atoms with Gasteiger partial charge in [0.05, 0.1) is 12.5 Å². The second kappa shape index (κ2) is 4.84. The zero-order valence-corrected chi connectivity index (χ0v) is 10.6. The van der Waals surface area contributed by atoms with Crippen molar-refractivity contribution in [3.8, 4) is 0 Å². The molecule has 4 nitrogen and oxygen atoms in total. The van der Waals surface area contributed by atoms with Gasteiger partial charge in [-0.2, -0.15) is 5.10 Å². The predicted octanol–water partition coefficient (Wildman–Crippen LogP) is 2.50. The van der Waals surface area contributed by atoms with Gasteiger partial charge in [0.15, 0.2) is 4.67 Å². The molecule has 0 bridgehead atoms. The first kappa shape index (κ1) is 11.4. The molecular formula is C11H14BrN3O. The summed E-state index contributed by atoms with van der Waals surface area (Å²) in [5.74, 6) is 0. The SMILES string of the molecule is CCn1cc(CC(N)c2ccoc2Br)cn1. The smallest absolute Gasteiger partial charge is 0.173 e. The number of aryl methyl sites for hydroxylation is 1. The Morgan fingerprint density at radius 3 is 3.00 bits per heavy atom. The fourth-order valence-corrected chi connectivity index (χ4v) is 2.15. The zero-order chi connectivity index (χ0) is 11.5. The fraction of sp³-hybridized carbons (Fsp3) is 0.364. The molecule has 0 fully saturated rings. The molecule has 2 aromatic heterocycles. The van der Waals surface area contributed by atoms with E-state index in [1.165, 1.54) is 0 Å². The molecule has 0 radical (unpaired) electrons. The maximum Gasteiger partial charge on any atom is 0.173 e. The van der Waals surface area contributed by atoms with Crippen molar-refractivity contribution in [3.05, 3.63) is 40.5 Å². The quantitative estimate of drug-likeness (QED) is 0.938. The fourth-order valence-electron chi connectivity index (χ4n) is 1.62. The third kappa shape index (κ3) is 2.36. The van der Waals surface area contributed by atoms with Gasteiger partial charge in [0.25, 0.3) is 0 Å². The third-order valence-electron chi connectivity index (χ3n) is 2.51. The van der Waals surface area contributed by atoms with E-state index < -0.39 is 0 Å². The van der Waals surface area contributed by atoms with Gasteiger partial charge in [-0.15, -0.1) is 0 Å². The summed E-state index contributed by atoms with van der Waals surface area (Å²) in [6.07, 6.45) is 6.28. The van der Waals surface area contributed by atoms with Crippen molar-refractivity contribution in [2.24, 2.45) is 5.73 Å². The highest BCUT2D eigenvalue weighted by molar-refractivity contribution is 9.10. The summed E-state index contributed by atoms with van der Waals surface area (Å²) in [6.45, 7) is 2.94. The van der Waals surface area contributed by atoms with E-state index in [0.717, 1.165) is 24.1 Å². The van der Waals surface area contributed by atoms with Gasteiger partial charge in [0, 0.05) is 24.3 Å². The lowest BCUT2D eigenvalue weighted by Crippen LogP contribution is -2.12. The number of furan rings is 1. The van der Waals surface area contributed by atoms with Crippen molar-refractivity contribution in [1.82, 2.24) is 9.78 Å². The first-order chi connectivity index (χ1) is 7.70. The molecule has 2 aromatic rings. The van der Waals surface area contributed by atoms with E-state index >= 15 is 0 Å². The highest BCUT2D eigenvalue weighted by Gasteiger charge is 2.13. The van der Waals surface area contributed by atoms with Crippen LogP contribution in [-0.2, 0) is 13.0 Å². The average Bonchev–Trinajstić information content (AvgIpc) is 2.86. The van der Waals surface area contributed by atoms with Crippen LogP contribution >= 0.6 is 15.9 Å². The second-order valence-corrected chi connectivity index (χ2v) is 4.38. The average molecular weight is 284 g/mol. The van der Waals surface area contributed by atoms with E-state index in [-0.39, 0.29) is 6.04 Å². The Kier molecular flexibility index (Phi) is 3.46. The summed E-state index contributed by atoms with van der Waals surface area (Å²) < 4.78 is 7.77. The normalized spacial score (nSPS) is 12.9. The molecule has 0 spiro atoms. The second-order valence-electron chi connectivity index (χ2n) is 3.66. The minimum atomic E-state index is -0.0670. The number of nitrogens with two attached hydrogens (primary N) is 1. The molecule has 1 unspecified atom stereocenters. The lowest BCUT2D eigenvalue weighted by atomic mass is 10.1. The monoisotopic (exact) mass is 283 g/mol. The number of nitrogens with zero attached hydrogens (tertiary/aromatic N) is 2. The van der Waals surface area contributed by atoms with Crippen LogP contribution in [0.5, 0.6) is 0 Å². The molecule has 0 aliphatic heterocycles. The molecule has 86 valence electrons. The van der Waals surface area contributed by atoms with Gasteiger partial charge in [-0.3, -0.25) is 4.68 Å². The summed E-state index contributed by atoms with van der Waals surface area (Å²) in [7, 11) is 0. The van der Waals surface area contributed by atoms with Crippen LogP contribution in [0.25, 0.3) is 0 Å². The van der Waals surface area contributed by atoms with E-state index in [9.17, 15) is 0 Å². The van der Waals surface area contributed by atoms with Gasteiger partial charge >= 0.3 is 0 Å². The molecule has 0 saturated heterocycles. The Bertz CT molecular complexity index is 463. The minimum absolute atomic E-state index is 0.0670. The molecule has 1 atom stereocenters. The largest absolute Gasteiger partial charge is 0.457 e. The molecule has 2 N–H and O–H groups in total. The molecule has 2 rings (SSSR count). The number of hydrogen-bond acceptors (Lipinski definition) is 3. The summed E-state index contributed by atoms with van der Waals surface area (Å²) in [5.41, 5.74) is 8.23. The van der Waals surface area contributed by atoms with Crippen LogP contribution in [0.2, 0.25) is 0 Å². The van der Waals surface area contributed by atoms with Gasteiger partial charge in [0.1, 0.15) is 0 Å². The van der Waals surface area contributed by atoms with E-state index in [0.29, 0.717) is 4.67 Å². The predicted molar refractivity (Wildman–Crippen MR) is 64.9 cm³/mol. The number of halogens is 1. The van der Waals surface area contributed by atoms with Crippen molar-refractivity contribution >= 4 is 15.9 Å². The topological polar surface area (TPSA) is 57.0 Å². The van der Waals surface area contributed by atoms with E-state index in [1.807, 2.05) is 23.1 Å². The van der Waals surface area contributed by atoms with E-state index in [2.05, 4.69) is 28.0 Å². The molecule has 16 heavy (non-hydrogen) atoms. The number of aromatic nitrogens is 2. The molecule has 0 amide bonds. The van der Waals surface area contributed by atoms with Crippen LogP contribution in [0.4, 0.5) is 0 Å². The van der Waals surface area contributed by atoms with E-state index in [1.54, 1.807) is 6.26 Å². The van der Waals surface area contributed by atoms with Gasteiger partial charge in [0.2, 0.25) is 0 Å². The Morgan fingerprint density at radius 1 is 1.62 bits per heavy atom. The molecule has 0 aliphatic carbocycles. The molecule has 0 aromatic carbocycles. The van der Waals surface area contributed by atoms with Crippen LogP contribution in [0.3, 0.4) is 0 Å². The maximum absolute atomic E-state index is 6.10. The first-order valence-corrected chi connectivity index (χ1v) is 5.99. The Labute approximate surface area is 103 Å². The Hall–Kier alpha value is -1.07. The molecule has 0 saturated carbocycles. The third-order valence-corrected chi connectivity index (χ3v) is 3.16. The van der Waals surface area contributed by atoms with Crippen molar-refractivity contribution < 1.29 is 4.42 Å². The standard InChI is InChI=1S/C11H14BrN3O/c1-2-15-7-8(6-14-15)5-10(13)9-3-4-16-11(9)12/h3-4,6-7,10H,2,5,13H2,1H3. The van der Waals surface area contributed by atoms with Crippen LogP contribution in [0, 0.1) is 0 Å². The van der Waals surface area contributed by atoms with Gasteiger partial charge in [-0.1, -0.05) is 0 Å². The van der Waals surface area contributed by atoms with Crippen LogP contribution < -0.4 is 5.73 Å². The van der Waals surface area contributed by atoms with Crippen molar-refractivity contribution in [2.75, 3.05) is 0 Å². The lowest BCUT2D eigenvalue weighted by molar-refractivity contribution is 0.531. The Morgan fingerprint density at radius 2 is 2.44 bits per heavy atom. The minimum Gasteiger partial charge on any atom is -0.457 e. The van der Waals surface area contributed by atoms with Gasteiger partial charge in [-0.05, 0) is 40.9 Å². The highest BCUT2D eigenvalue weighted by atomic mass is 79.9. The zero-order valence-electron chi connectivity index (χ0n) is 9.06. The van der Waals surface area contributed by atoms with Crippen molar-refractivity contribution in [1.29, 1.82) is 0 Å². The summed E-state index contributed by atoms with van der Waals surface area (Å²) >= 11 is 3.33. The first-order valence-electron chi connectivity index (χ1n) is 5.20. The van der Waals surface area contributed by atoms with Gasteiger partial charge < -0.3 is 10.2 Å². The lowest BCUT2D eigenvalue weighted by Gasteiger charge is -2.07. The van der Waals surface area contributed by atoms with Gasteiger partial charge in [-0.25, -0.2) is 0 Å². The highest BCUT2D eigenvalue weighted by Crippen LogP contribution is 2.25. The van der Waals surface area contributed by atoms with Crippen molar-refractivity contribution in [3.63, 3.8) is 0 Å². The summed E-state index contributed by atoms with van der Waals surface area (Å²) in [5, 5.41) is 4.22. The molecular weight excluding hydrogens is 270 g/mol. The number of rotatable bonds is 4. The van der Waals surface area contributed by atoms with Crippen LogP contribution in [0.15, 0.2) is 33.8 Å². The molecule has 5 heteroatoms. The molecule has 2 heterocycles.